The summed E-state index contributed by atoms with van der Waals surface area (Å²) in [6.07, 6.45) is 0.562. The fourth-order valence-electron chi connectivity index (χ4n) is 8.31. The van der Waals surface area contributed by atoms with Gasteiger partial charge in [0.15, 0.2) is 44.6 Å². The van der Waals surface area contributed by atoms with E-state index in [9.17, 15) is 41.8 Å². The molecule has 6 atom stereocenters. The molecule has 1 saturated carbocycles. The molecule has 8 rings (SSSR count). The Balaban J connectivity index is 1.24. The van der Waals surface area contributed by atoms with Crippen molar-refractivity contribution in [3.63, 3.8) is 0 Å². The molecule has 4 amide bonds. The van der Waals surface area contributed by atoms with Crippen LogP contribution in [0.15, 0.2) is 84.4 Å². The summed E-state index contributed by atoms with van der Waals surface area (Å²) in [6.45, 7) is 0. The van der Waals surface area contributed by atoms with Crippen LogP contribution in [0.1, 0.15) is 24.3 Å². The number of hydrogen-bond donors (Lipinski definition) is 2. The molecular formula is C38H23Cl2F6N3O5. The van der Waals surface area contributed by atoms with Gasteiger partial charge in [-0.25, -0.2) is 31.2 Å². The first-order valence-corrected chi connectivity index (χ1v) is 17.1. The van der Waals surface area contributed by atoms with E-state index in [4.69, 9.17) is 23.2 Å². The predicted molar refractivity (Wildman–Crippen MR) is 183 cm³/mol. The summed E-state index contributed by atoms with van der Waals surface area (Å²) in [7, 11) is 0. The maximum Gasteiger partial charge on any atom is 0.258 e. The van der Waals surface area contributed by atoms with Crippen LogP contribution in [0, 0.1) is 52.7 Å². The molecule has 4 aromatic carbocycles. The van der Waals surface area contributed by atoms with Crippen LogP contribution in [0.25, 0.3) is 0 Å². The lowest BCUT2D eigenvalue weighted by Gasteiger charge is -2.50. The number of carbonyl (C=O) groups excluding carboxylic acids is 4. The highest BCUT2D eigenvalue weighted by Crippen LogP contribution is 2.67. The van der Waals surface area contributed by atoms with Gasteiger partial charge in [0.1, 0.15) is 5.69 Å². The highest BCUT2D eigenvalue weighted by molar-refractivity contribution is 6.58. The molecule has 16 heteroatoms. The molecule has 2 heterocycles. The smallest absolute Gasteiger partial charge is 0.258 e. The lowest BCUT2D eigenvalue weighted by Crippen LogP contribution is -2.60. The second-order valence-electron chi connectivity index (χ2n) is 13.4. The van der Waals surface area contributed by atoms with Crippen molar-refractivity contribution in [1.29, 1.82) is 0 Å². The number of nitrogens with zero attached hydrogens (tertiary/aromatic N) is 2. The van der Waals surface area contributed by atoms with Gasteiger partial charge < -0.3 is 10.4 Å². The Labute approximate surface area is 311 Å². The molecule has 4 aromatic rings. The SMILES string of the molecule is O=C1C2CC=C3C(CC4(Cl)C(=O)N(c5c(F)c(F)c(F)c(F)c5F)C(=O)C4(Cl)C3c3cccc(F)c3O)C2C(=O)N1c1ccc(Nc2ccccc2)cc1. The molecule has 8 nitrogen and oxygen atoms in total. The second-order valence-corrected chi connectivity index (χ2v) is 14.7. The summed E-state index contributed by atoms with van der Waals surface area (Å²) in [4.78, 5) is 51.8. The van der Waals surface area contributed by atoms with Crippen LogP contribution in [-0.2, 0) is 19.2 Å². The largest absolute Gasteiger partial charge is 0.505 e. The highest BCUT2D eigenvalue weighted by Gasteiger charge is 2.77. The molecule has 0 spiro atoms. The number of halogens is 8. The molecule has 2 N–H and O–H groups in total. The fraction of sp³-hybridized carbons (Fsp3) is 0.211. The number of phenols is 1. The van der Waals surface area contributed by atoms with Crippen LogP contribution in [0.2, 0.25) is 0 Å². The number of carbonyl (C=O) groups is 4. The second kappa shape index (κ2) is 12.4. The zero-order valence-corrected chi connectivity index (χ0v) is 28.7. The highest BCUT2D eigenvalue weighted by atomic mass is 35.5. The van der Waals surface area contributed by atoms with Crippen LogP contribution in [0.5, 0.6) is 5.75 Å². The number of rotatable bonds is 5. The summed E-state index contributed by atoms with van der Waals surface area (Å²) in [5, 5.41) is 14.2. The van der Waals surface area contributed by atoms with E-state index < -0.39 is 115 Å². The number of aromatic hydroxyl groups is 1. The third-order valence-corrected chi connectivity index (χ3v) is 12.2. The Hall–Kier alpha value is -5.34. The Morgan fingerprint density at radius 2 is 1.30 bits per heavy atom. The normalized spacial score (nSPS) is 27.5. The van der Waals surface area contributed by atoms with E-state index in [1.807, 2.05) is 30.3 Å². The topological polar surface area (TPSA) is 107 Å². The van der Waals surface area contributed by atoms with Crippen molar-refractivity contribution >= 4 is 69.6 Å². The van der Waals surface area contributed by atoms with Crippen molar-refractivity contribution in [3.8, 4) is 5.75 Å². The molecule has 2 aliphatic carbocycles. The summed E-state index contributed by atoms with van der Waals surface area (Å²) >= 11 is 14.1. The minimum Gasteiger partial charge on any atom is -0.505 e. The van der Waals surface area contributed by atoms with Gasteiger partial charge in [-0.2, -0.15) is 0 Å². The number of para-hydroxylation sites is 2. The maximum atomic E-state index is 15.2. The van der Waals surface area contributed by atoms with Crippen molar-refractivity contribution in [2.45, 2.75) is 28.5 Å². The van der Waals surface area contributed by atoms with Gasteiger partial charge in [0.25, 0.3) is 11.8 Å². The molecule has 0 bridgehead atoms. The van der Waals surface area contributed by atoms with Crippen molar-refractivity contribution in [3.05, 3.63) is 125 Å². The van der Waals surface area contributed by atoms with Gasteiger partial charge in [0.05, 0.1) is 17.5 Å². The first kappa shape index (κ1) is 35.7. The third-order valence-electron chi connectivity index (χ3n) is 10.7. The summed E-state index contributed by atoms with van der Waals surface area (Å²) < 4.78 is 88.3. The van der Waals surface area contributed by atoms with Gasteiger partial charge in [0, 0.05) is 22.9 Å². The fourth-order valence-corrected chi connectivity index (χ4v) is 9.24. The number of fused-ring (bicyclic) bond motifs is 4. The van der Waals surface area contributed by atoms with E-state index in [2.05, 4.69) is 5.32 Å². The van der Waals surface area contributed by atoms with E-state index in [0.29, 0.717) is 5.69 Å². The average Bonchev–Trinajstić information content (AvgIpc) is 3.50. The Morgan fingerprint density at radius 1 is 0.685 bits per heavy atom. The molecule has 54 heavy (non-hydrogen) atoms. The van der Waals surface area contributed by atoms with Crippen LogP contribution in [0.3, 0.4) is 0 Å². The number of phenolic OH excluding ortho intramolecular Hbond substituents is 1. The predicted octanol–water partition coefficient (Wildman–Crippen LogP) is 7.74. The van der Waals surface area contributed by atoms with Gasteiger partial charge >= 0.3 is 0 Å². The molecule has 2 aliphatic heterocycles. The van der Waals surface area contributed by atoms with E-state index >= 15 is 8.78 Å². The van der Waals surface area contributed by atoms with Gasteiger partial charge in [0.2, 0.25) is 17.6 Å². The van der Waals surface area contributed by atoms with Crippen LogP contribution in [-0.4, -0.2) is 38.5 Å². The number of amides is 4. The summed E-state index contributed by atoms with van der Waals surface area (Å²) in [5.74, 6) is -25.0. The van der Waals surface area contributed by atoms with Gasteiger partial charge in [-0.3, -0.25) is 24.1 Å². The summed E-state index contributed by atoms with van der Waals surface area (Å²) in [5.41, 5.74) is -0.693. The zero-order valence-electron chi connectivity index (χ0n) is 27.2. The molecule has 6 unspecified atom stereocenters. The van der Waals surface area contributed by atoms with Crippen molar-refractivity contribution < 1.29 is 50.6 Å². The lowest BCUT2D eigenvalue weighted by molar-refractivity contribution is -0.125. The first-order valence-electron chi connectivity index (χ1n) is 16.4. The molecule has 0 aromatic heterocycles. The van der Waals surface area contributed by atoms with Crippen molar-refractivity contribution in [2.24, 2.45) is 17.8 Å². The molecule has 0 radical (unpaired) electrons. The van der Waals surface area contributed by atoms with Gasteiger partial charge in [-0.15, -0.1) is 23.2 Å². The number of alkyl halides is 2. The first-order chi connectivity index (χ1) is 25.6. The Kier molecular flexibility index (Phi) is 8.16. The van der Waals surface area contributed by atoms with Crippen LogP contribution in [0.4, 0.5) is 49.1 Å². The number of nitrogens with one attached hydrogen (secondary N) is 1. The number of hydrogen-bond acceptors (Lipinski definition) is 6. The van der Waals surface area contributed by atoms with Crippen LogP contribution >= 0.6 is 23.2 Å². The lowest BCUT2D eigenvalue weighted by atomic mass is 9.56. The summed E-state index contributed by atoms with van der Waals surface area (Å²) in [6, 6.07) is 18.7. The quantitative estimate of drug-likeness (QED) is 0.0536. The average molecular weight is 787 g/mol. The van der Waals surface area contributed by atoms with E-state index in [1.54, 1.807) is 12.1 Å². The van der Waals surface area contributed by atoms with Crippen molar-refractivity contribution in [2.75, 3.05) is 15.1 Å². The molecule has 2 saturated heterocycles. The van der Waals surface area contributed by atoms with Crippen LogP contribution < -0.4 is 15.1 Å². The van der Waals surface area contributed by atoms with E-state index in [-0.39, 0.29) is 22.6 Å². The molecule has 3 fully saturated rings. The zero-order chi connectivity index (χ0) is 38.6. The minimum absolute atomic E-state index is 0.0641. The van der Waals surface area contributed by atoms with E-state index in [1.165, 1.54) is 18.2 Å². The van der Waals surface area contributed by atoms with Gasteiger partial charge in [-0.1, -0.05) is 42.0 Å². The number of anilines is 4. The number of allylic oxidation sites excluding steroid dienone is 2. The minimum atomic E-state index is -2.90. The Bertz CT molecular complexity index is 2340. The van der Waals surface area contributed by atoms with Gasteiger partial charge in [-0.05, 0) is 61.2 Å². The standard InChI is InChI=1S/C38H23Cl2F6N3O5/c39-37-15-22-19(13-14-20-24(22)34(52)48(33(20)51)18-11-9-17(10-12-18)47-16-5-2-1-3-6-16)25(21-7-4-8-23(41)32(21)50)38(37,40)36(54)49(35(37)53)31-29(45)27(43)26(42)28(44)30(31)46/h1-13,20,22,24-25,47,50H,14-15H2. The van der Waals surface area contributed by atoms with Crippen molar-refractivity contribution in [1.82, 2.24) is 0 Å². The maximum absolute atomic E-state index is 15.2. The van der Waals surface area contributed by atoms with E-state index in [0.717, 1.165) is 28.8 Å². The molecule has 4 aliphatic rings. The molecular weight excluding hydrogens is 763 g/mol. The number of benzene rings is 4. The monoisotopic (exact) mass is 785 g/mol. The Morgan fingerprint density at radius 3 is 1.94 bits per heavy atom. The third kappa shape index (κ3) is 4.71. The number of imide groups is 2. The molecule has 276 valence electrons.